The summed E-state index contributed by atoms with van der Waals surface area (Å²) in [5.41, 5.74) is 0.710. The van der Waals surface area contributed by atoms with E-state index < -0.39 is 5.60 Å². The van der Waals surface area contributed by atoms with Crippen molar-refractivity contribution in [2.24, 2.45) is 0 Å². The number of hydrogen-bond acceptors (Lipinski definition) is 3. The fourth-order valence-electron chi connectivity index (χ4n) is 3.85. The molecule has 2 heterocycles. The van der Waals surface area contributed by atoms with Crippen LogP contribution in [0.25, 0.3) is 0 Å². The van der Waals surface area contributed by atoms with Crippen molar-refractivity contribution in [3.63, 3.8) is 0 Å². The molecule has 3 rings (SSSR count). The van der Waals surface area contributed by atoms with Crippen LogP contribution in [0.5, 0.6) is 0 Å². The van der Waals surface area contributed by atoms with E-state index >= 15 is 0 Å². The van der Waals surface area contributed by atoms with Gasteiger partial charge in [-0.2, -0.15) is 0 Å². The van der Waals surface area contributed by atoms with Crippen molar-refractivity contribution in [2.75, 3.05) is 19.6 Å². The molecule has 1 aromatic rings. The van der Waals surface area contributed by atoms with Gasteiger partial charge < -0.3 is 10.1 Å². The topological polar surface area (TPSA) is 52.1 Å². The first kappa shape index (κ1) is 14.1. The van der Waals surface area contributed by atoms with Gasteiger partial charge in [-0.3, -0.25) is 4.90 Å². The molecule has 2 fully saturated rings. The second kappa shape index (κ2) is 5.86. The highest BCUT2D eigenvalue weighted by molar-refractivity contribution is 5.06. The van der Waals surface area contributed by atoms with Gasteiger partial charge in [0.05, 0.1) is 5.60 Å². The Balaban J connectivity index is 1.60. The van der Waals surface area contributed by atoms with E-state index in [4.69, 9.17) is 0 Å². The van der Waals surface area contributed by atoms with Crippen LogP contribution in [0.2, 0.25) is 0 Å². The number of hydrogen-bond donors (Lipinski definition) is 2. The Morgan fingerprint density at radius 3 is 2.85 bits per heavy atom. The normalized spacial score (nSPS) is 27.6. The molecule has 0 amide bonds. The summed E-state index contributed by atoms with van der Waals surface area (Å²) in [5, 5.41) is 10.7. The summed E-state index contributed by atoms with van der Waals surface area (Å²) in [6.45, 7) is 5.07. The summed E-state index contributed by atoms with van der Waals surface area (Å²) in [5.74, 6) is 1.63. The molecule has 1 aliphatic carbocycles. The predicted octanol–water partition coefficient (Wildman–Crippen LogP) is 2.59. The van der Waals surface area contributed by atoms with E-state index in [0.29, 0.717) is 5.92 Å². The highest BCUT2D eigenvalue weighted by Gasteiger charge is 2.33. The summed E-state index contributed by atoms with van der Waals surface area (Å²) < 4.78 is 0. The van der Waals surface area contributed by atoms with Crippen molar-refractivity contribution in [2.45, 2.75) is 63.4 Å². The second-order valence-corrected chi connectivity index (χ2v) is 6.81. The Morgan fingerprint density at radius 2 is 2.15 bits per heavy atom. The van der Waals surface area contributed by atoms with Crippen LogP contribution < -0.4 is 0 Å². The molecule has 2 aliphatic rings. The summed E-state index contributed by atoms with van der Waals surface area (Å²) in [4.78, 5) is 10.3. The maximum absolute atomic E-state index is 10.7. The lowest BCUT2D eigenvalue weighted by molar-refractivity contribution is -0.0315. The number of β-amino-alcohol motifs (C(OH)–C–C–N with tert-alkyl or cyclic N) is 1. The molecule has 0 bridgehead atoms. The maximum atomic E-state index is 10.7. The number of piperidine rings is 1. The average molecular weight is 277 g/mol. The molecule has 0 aromatic carbocycles. The van der Waals surface area contributed by atoms with Gasteiger partial charge in [0.15, 0.2) is 0 Å². The third kappa shape index (κ3) is 3.23. The smallest absolute Gasteiger partial charge is 0.110 e. The molecule has 2 N–H and O–H groups in total. The standard InChI is InChI=1S/C16H27N3O/c1-13-10-17-15(18-13)14-6-5-9-19(11-14)12-16(20)7-3-2-4-8-16/h10,14,20H,2-9,11-12H2,1H3,(H,17,18)/t14-/m0/s1. The van der Waals surface area contributed by atoms with Gasteiger partial charge in [0.2, 0.25) is 0 Å². The Morgan fingerprint density at radius 1 is 1.35 bits per heavy atom. The van der Waals surface area contributed by atoms with Crippen molar-refractivity contribution < 1.29 is 5.11 Å². The van der Waals surface area contributed by atoms with Crippen molar-refractivity contribution in [1.29, 1.82) is 0 Å². The van der Waals surface area contributed by atoms with Crippen LogP contribution in [0, 0.1) is 6.92 Å². The first-order chi connectivity index (χ1) is 9.65. The fourth-order valence-corrected chi connectivity index (χ4v) is 3.85. The van der Waals surface area contributed by atoms with E-state index in [1.165, 1.54) is 32.1 Å². The molecule has 20 heavy (non-hydrogen) atoms. The number of imidazole rings is 1. The number of aliphatic hydroxyl groups is 1. The number of nitrogens with one attached hydrogen (secondary N) is 1. The van der Waals surface area contributed by atoms with Crippen molar-refractivity contribution in [3.8, 4) is 0 Å². The Bertz CT molecular complexity index is 437. The molecule has 1 aliphatic heterocycles. The van der Waals surface area contributed by atoms with Crippen molar-refractivity contribution in [1.82, 2.24) is 14.9 Å². The van der Waals surface area contributed by atoms with E-state index in [1.54, 1.807) is 0 Å². The summed E-state index contributed by atoms with van der Waals surface area (Å²) in [7, 11) is 0. The van der Waals surface area contributed by atoms with Crippen molar-refractivity contribution in [3.05, 3.63) is 17.7 Å². The monoisotopic (exact) mass is 277 g/mol. The largest absolute Gasteiger partial charge is 0.389 e. The minimum absolute atomic E-state index is 0.431. The Labute approximate surface area is 121 Å². The Kier molecular flexibility index (Phi) is 4.13. The van der Waals surface area contributed by atoms with Gasteiger partial charge in [-0.15, -0.1) is 0 Å². The average Bonchev–Trinajstić information content (AvgIpc) is 2.86. The summed E-state index contributed by atoms with van der Waals surface area (Å²) in [6.07, 6.45) is 9.96. The molecule has 1 atom stereocenters. The third-order valence-electron chi connectivity index (χ3n) is 4.92. The molecule has 1 aromatic heterocycles. The van der Waals surface area contributed by atoms with E-state index in [2.05, 4.69) is 21.8 Å². The lowest BCUT2D eigenvalue weighted by Crippen LogP contribution is -2.47. The van der Waals surface area contributed by atoms with Gasteiger partial charge >= 0.3 is 0 Å². The van der Waals surface area contributed by atoms with E-state index in [9.17, 15) is 5.11 Å². The predicted molar refractivity (Wildman–Crippen MR) is 79.8 cm³/mol. The fraction of sp³-hybridized carbons (Fsp3) is 0.812. The minimum atomic E-state index is -0.431. The highest BCUT2D eigenvalue weighted by Crippen LogP contribution is 2.31. The van der Waals surface area contributed by atoms with Gasteiger partial charge in [0, 0.05) is 30.9 Å². The van der Waals surface area contributed by atoms with Crippen LogP contribution in [0.4, 0.5) is 0 Å². The van der Waals surface area contributed by atoms with Crippen LogP contribution in [-0.4, -0.2) is 45.2 Å². The number of rotatable bonds is 3. The molecule has 0 unspecified atom stereocenters. The van der Waals surface area contributed by atoms with Crippen molar-refractivity contribution >= 4 is 0 Å². The van der Waals surface area contributed by atoms with E-state index in [1.807, 2.05) is 6.20 Å². The zero-order valence-electron chi connectivity index (χ0n) is 12.6. The molecule has 4 nitrogen and oxygen atoms in total. The van der Waals surface area contributed by atoms with Gasteiger partial charge in [0.25, 0.3) is 0 Å². The van der Waals surface area contributed by atoms with E-state index in [0.717, 1.165) is 44.0 Å². The molecular formula is C16H27N3O. The number of aromatic nitrogens is 2. The number of H-pyrrole nitrogens is 1. The van der Waals surface area contributed by atoms with Crippen LogP contribution in [-0.2, 0) is 0 Å². The molecule has 0 radical (unpaired) electrons. The van der Waals surface area contributed by atoms with Gasteiger partial charge in [-0.1, -0.05) is 19.3 Å². The molecule has 4 heteroatoms. The van der Waals surface area contributed by atoms with Crippen LogP contribution >= 0.6 is 0 Å². The molecular weight excluding hydrogens is 250 g/mol. The molecule has 1 saturated carbocycles. The number of aromatic amines is 1. The molecule has 0 spiro atoms. The maximum Gasteiger partial charge on any atom is 0.110 e. The van der Waals surface area contributed by atoms with Crippen LogP contribution in [0.3, 0.4) is 0 Å². The molecule has 1 saturated heterocycles. The third-order valence-corrected chi connectivity index (χ3v) is 4.92. The lowest BCUT2D eigenvalue weighted by Gasteiger charge is -2.40. The summed E-state index contributed by atoms with van der Waals surface area (Å²) >= 11 is 0. The van der Waals surface area contributed by atoms with E-state index in [-0.39, 0.29) is 0 Å². The van der Waals surface area contributed by atoms with Gasteiger partial charge in [-0.05, 0) is 39.2 Å². The minimum Gasteiger partial charge on any atom is -0.389 e. The van der Waals surface area contributed by atoms with Gasteiger partial charge in [0.1, 0.15) is 5.82 Å². The Hall–Kier alpha value is -0.870. The first-order valence-corrected chi connectivity index (χ1v) is 8.11. The van der Waals surface area contributed by atoms with Crippen LogP contribution in [0.1, 0.15) is 62.4 Å². The number of nitrogens with zero attached hydrogens (tertiary/aromatic N) is 2. The number of aryl methyl sites for hydroxylation is 1. The molecule has 112 valence electrons. The second-order valence-electron chi connectivity index (χ2n) is 6.81. The summed E-state index contributed by atoms with van der Waals surface area (Å²) in [6, 6.07) is 0. The van der Waals surface area contributed by atoms with Gasteiger partial charge in [-0.25, -0.2) is 4.98 Å². The SMILES string of the molecule is Cc1cnc([C@H]2CCCN(CC3(O)CCCCC3)C2)[nH]1. The van der Waals surface area contributed by atoms with Crippen LogP contribution in [0.15, 0.2) is 6.20 Å². The lowest BCUT2D eigenvalue weighted by atomic mass is 9.83. The number of likely N-dealkylation sites (tertiary alicyclic amines) is 1. The zero-order valence-corrected chi connectivity index (χ0v) is 12.6. The first-order valence-electron chi connectivity index (χ1n) is 8.11. The highest BCUT2D eigenvalue weighted by atomic mass is 16.3. The zero-order chi connectivity index (χ0) is 14.0. The quantitative estimate of drug-likeness (QED) is 0.893.